The number of carbonyl (C=O) groups is 1. The van der Waals surface area contributed by atoms with Gasteiger partial charge in [-0.2, -0.15) is 0 Å². The number of aliphatic hydroxyl groups excluding tert-OH is 2. The smallest absolute Gasteiger partial charge is 0.237 e. The standard InChI is InChI=1S/C10H22N2O3/c1-3-5-8(11)9(15)12-10(4-2,6-13)7-14/h8,13-14H,3-7,11H2,1-2H3,(H,12,15). The zero-order chi connectivity index (χ0) is 11.9. The van der Waals surface area contributed by atoms with Crippen LogP contribution in [-0.4, -0.2) is 40.9 Å². The average molecular weight is 218 g/mol. The van der Waals surface area contributed by atoms with Gasteiger partial charge in [-0.1, -0.05) is 20.3 Å². The molecule has 0 aromatic heterocycles. The first-order valence-electron chi connectivity index (χ1n) is 5.34. The Morgan fingerprint density at radius 2 is 1.93 bits per heavy atom. The summed E-state index contributed by atoms with van der Waals surface area (Å²) in [6.07, 6.45) is 1.89. The van der Waals surface area contributed by atoms with Gasteiger partial charge in [0.15, 0.2) is 0 Å². The highest BCUT2D eigenvalue weighted by Gasteiger charge is 2.30. The van der Waals surface area contributed by atoms with Gasteiger partial charge in [0, 0.05) is 0 Å². The van der Waals surface area contributed by atoms with Crippen molar-refractivity contribution in [3.63, 3.8) is 0 Å². The third kappa shape index (κ3) is 4.15. The van der Waals surface area contributed by atoms with Crippen molar-refractivity contribution in [1.82, 2.24) is 5.32 Å². The lowest BCUT2D eigenvalue weighted by Gasteiger charge is -2.30. The number of aliphatic hydroxyl groups is 2. The maximum atomic E-state index is 11.6. The fraction of sp³-hybridized carbons (Fsp3) is 0.900. The van der Waals surface area contributed by atoms with Gasteiger partial charge < -0.3 is 21.3 Å². The van der Waals surface area contributed by atoms with Crippen LogP contribution in [0.25, 0.3) is 0 Å². The van der Waals surface area contributed by atoms with E-state index in [1.54, 1.807) is 6.92 Å². The van der Waals surface area contributed by atoms with Crippen LogP contribution in [0.3, 0.4) is 0 Å². The van der Waals surface area contributed by atoms with Gasteiger partial charge in [0.05, 0.1) is 24.8 Å². The van der Waals surface area contributed by atoms with Gasteiger partial charge in [-0.15, -0.1) is 0 Å². The molecule has 0 saturated carbocycles. The van der Waals surface area contributed by atoms with E-state index in [0.717, 1.165) is 6.42 Å². The molecule has 0 spiro atoms. The van der Waals surface area contributed by atoms with E-state index in [9.17, 15) is 4.79 Å². The minimum absolute atomic E-state index is 0.287. The van der Waals surface area contributed by atoms with Crippen LogP contribution in [0.1, 0.15) is 33.1 Å². The van der Waals surface area contributed by atoms with Crippen molar-refractivity contribution < 1.29 is 15.0 Å². The molecule has 0 aliphatic rings. The summed E-state index contributed by atoms with van der Waals surface area (Å²) >= 11 is 0. The SMILES string of the molecule is CCCC(N)C(=O)NC(CC)(CO)CO. The highest BCUT2D eigenvalue weighted by molar-refractivity contribution is 5.82. The molecule has 0 saturated heterocycles. The van der Waals surface area contributed by atoms with Crippen molar-refractivity contribution in [2.24, 2.45) is 5.73 Å². The topological polar surface area (TPSA) is 95.6 Å². The molecule has 1 amide bonds. The Kier molecular flexibility index (Phi) is 6.47. The fourth-order valence-electron chi connectivity index (χ4n) is 1.24. The molecule has 1 atom stereocenters. The summed E-state index contributed by atoms with van der Waals surface area (Å²) in [5.41, 5.74) is 4.68. The van der Waals surface area contributed by atoms with Gasteiger partial charge in [0.1, 0.15) is 0 Å². The van der Waals surface area contributed by atoms with E-state index in [-0.39, 0.29) is 19.1 Å². The predicted octanol–water partition coefficient (Wildman–Crippen LogP) is -0.637. The number of amides is 1. The summed E-state index contributed by atoms with van der Waals surface area (Å²) in [5, 5.41) is 20.8. The monoisotopic (exact) mass is 218 g/mol. The maximum Gasteiger partial charge on any atom is 0.237 e. The van der Waals surface area contributed by atoms with Crippen molar-refractivity contribution in [3.8, 4) is 0 Å². The molecule has 0 heterocycles. The minimum atomic E-state index is -0.942. The molecule has 0 aromatic carbocycles. The Bertz CT molecular complexity index is 185. The van der Waals surface area contributed by atoms with E-state index in [2.05, 4.69) is 5.32 Å². The number of hydrogen-bond acceptors (Lipinski definition) is 4. The Morgan fingerprint density at radius 3 is 2.27 bits per heavy atom. The van der Waals surface area contributed by atoms with Crippen LogP contribution in [0.4, 0.5) is 0 Å². The van der Waals surface area contributed by atoms with Crippen LogP contribution in [0.5, 0.6) is 0 Å². The predicted molar refractivity (Wildman–Crippen MR) is 58.2 cm³/mol. The summed E-state index contributed by atoms with van der Waals surface area (Å²) < 4.78 is 0. The first-order chi connectivity index (χ1) is 7.05. The molecule has 5 nitrogen and oxygen atoms in total. The average Bonchev–Trinajstić information content (AvgIpc) is 2.26. The summed E-state index contributed by atoms with van der Waals surface area (Å²) in [4.78, 5) is 11.6. The molecule has 15 heavy (non-hydrogen) atoms. The molecule has 5 heteroatoms. The Morgan fingerprint density at radius 1 is 1.40 bits per heavy atom. The molecule has 0 aliphatic carbocycles. The van der Waals surface area contributed by atoms with Gasteiger partial charge in [-0.3, -0.25) is 4.79 Å². The lowest BCUT2D eigenvalue weighted by Crippen LogP contribution is -2.57. The molecule has 0 fully saturated rings. The van der Waals surface area contributed by atoms with Crippen molar-refractivity contribution in [1.29, 1.82) is 0 Å². The van der Waals surface area contributed by atoms with E-state index in [4.69, 9.17) is 15.9 Å². The molecule has 1 unspecified atom stereocenters. The molecular formula is C10H22N2O3. The van der Waals surface area contributed by atoms with Crippen LogP contribution in [0.2, 0.25) is 0 Å². The maximum absolute atomic E-state index is 11.6. The van der Waals surface area contributed by atoms with Gasteiger partial charge in [-0.25, -0.2) is 0 Å². The van der Waals surface area contributed by atoms with Crippen LogP contribution >= 0.6 is 0 Å². The number of rotatable bonds is 7. The van der Waals surface area contributed by atoms with Crippen molar-refractivity contribution in [2.45, 2.75) is 44.7 Å². The number of carbonyl (C=O) groups excluding carboxylic acids is 1. The minimum Gasteiger partial charge on any atom is -0.394 e. The second-order valence-corrected chi connectivity index (χ2v) is 3.83. The molecular weight excluding hydrogens is 196 g/mol. The highest BCUT2D eigenvalue weighted by Crippen LogP contribution is 2.09. The quantitative estimate of drug-likeness (QED) is 0.457. The van der Waals surface area contributed by atoms with Crippen molar-refractivity contribution >= 4 is 5.91 Å². The second-order valence-electron chi connectivity index (χ2n) is 3.83. The lowest BCUT2D eigenvalue weighted by atomic mass is 9.97. The summed E-state index contributed by atoms with van der Waals surface area (Å²) in [7, 11) is 0. The Balaban J connectivity index is 4.34. The van der Waals surface area contributed by atoms with Crippen molar-refractivity contribution in [3.05, 3.63) is 0 Å². The van der Waals surface area contributed by atoms with Crippen LogP contribution in [0.15, 0.2) is 0 Å². The number of hydrogen-bond donors (Lipinski definition) is 4. The van der Waals surface area contributed by atoms with E-state index in [0.29, 0.717) is 12.8 Å². The van der Waals surface area contributed by atoms with E-state index in [1.807, 2.05) is 6.92 Å². The first-order valence-corrected chi connectivity index (χ1v) is 5.34. The highest BCUT2D eigenvalue weighted by atomic mass is 16.3. The molecule has 0 aliphatic heterocycles. The Hall–Kier alpha value is -0.650. The largest absolute Gasteiger partial charge is 0.394 e. The van der Waals surface area contributed by atoms with Crippen LogP contribution in [0, 0.1) is 0 Å². The second kappa shape index (κ2) is 6.76. The Labute approximate surface area is 90.7 Å². The summed E-state index contributed by atoms with van der Waals surface area (Å²) in [6, 6.07) is -0.570. The lowest BCUT2D eigenvalue weighted by molar-refractivity contribution is -0.125. The molecule has 5 N–H and O–H groups in total. The van der Waals surface area contributed by atoms with Gasteiger partial charge >= 0.3 is 0 Å². The molecule has 0 rings (SSSR count). The zero-order valence-corrected chi connectivity index (χ0v) is 9.49. The molecule has 0 radical (unpaired) electrons. The van der Waals surface area contributed by atoms with E-state index < -0.39 is 11.6 Å². The van der Waals surface area contributed by atoms with E-state index >= 15 is 0 Å². The van der Waals surface area contributed by atoms with Gasteiger partial charge in [0.2, 0.25) is 5.91 Å². The normalized spacial score (nSPS) is 13.7. The first kappa shape index (κ1) is 14.3. The van der Waals surface area contributed by atoms with Crippen LogP contribution in [-0.2, 0) is 4.79 Å². The van der Waals surface area contributed by atoms with Crippen LogP contribution < -0.4 is 11.1 Å². The van der Waals surface area contributed by atoms with Gasteiger partial charge in [0.25, 0.3) is 0 Å². The van der Waals surface area contributed by atoms with Gasteiger partial charge in [-0.05, 0) is 12.8 Å². The summed E-state index contributed by atoms with van der Waals surface area (Å²) in [6.45, 7) is 3.16. The fourth-order valence-corrected chi connectivity index (χ4v) is 1.24. The zero-order valence-electron chi connectivity index (χ0n) is 9.49. The van der Waals surface area contributed by atoms with Crippen molar-refractivity contribution in [2.75, 3.05) is 13.2 Å². The summed E-state index contributed by atoms with van der Waals surface area (Å²) in [5.74, 6) is -0.318. The molecule has 0 bridgehead atoms. The molecule has 90 valence electrons. The van der Waals surface area contributed by atoms with E-state index in [1.165, 1.54) is 0 Å². The third-order valence-electron chi connectivity index (χ3n) is 2.61. The number of nitrogens with one attached hydrogen (secondary N) is 1. The third-order valence-corrected chi connectivity index (χ3v) is 2.61. The molecule has 0 aromatic rings. The number of nitrogens with two attached hydrogens (primary N) is 1.